The number of aryl methyl sites for hydroxylation is 1. The molecule has 0 aliphatic heterocycles. The molecule has 0 amide bonds. The van der Waals surface area contributed by atoms with Gasteiger partial charge in [0.2, 0.25) is 0 Å². The Labute approximate surface area is 110 Å². The summed E-state index contributed by atoms with van der Waals surface area (Å²) in [4.78, 5) is 10.8. The third-order valence-corrected chi connectivity index (χ3v) is 3.63. The highest BCUT2D eigenvalue weighted by molar-refractivity contribution is 8.13. The summed E-state index contributed by atoms with van der Waals surface area (Å²) in [6.07, 6.45) is -2.09. The smallest absolute Gasteiger partial charge is 0.185 e. The molecule has 0 heterocycles. The van der Waals surface area contributed by atoms with E-state index >= 15 is 0 Å². The molecule has 1 rings (SSSR count). The fourth-order valence-electron chi connectivity index (χ4n) is 1.51. The summed E-state index contributed by atoms with van der Waals surface area (Å²) in [6, 6.07) is 5.26. The van der Waals surface area contributed by atoms with Crippen LogP contribution < -0.4 is 0 Å². The molecule has 0 bridgehead atoms. The fraction of sp³-hybridized carbons (Fsp3) is 0.417. The normalized spacial score (nSPS) is 14.4. The van der Waals surface area contributed by atoms with E-state index in [0.717, 1.165) is 17.3 Å². The summed E-state index contributed by atoms with van der Waals surface area (Å²) in [7, 11) is 0. The van der Waals surface area contributed by atoms with Crippen molar-refractivity contribution in [3.8, 4) is 0 Å². The average molecular weight is 275 g/mol. The molecule has 2 atom stereocenters. The van der Waals surface area contributed by atoms with Crippen molar-refractivity contribution in [3.05, 3.63) is 34.3 Å². The molecule has 1 aromatic carbocycles. The quantitative estimate of drug-likeness (QED) is 0.885. The molecule has 0 saturated heterocycles. The van der Waals surface area contributed by atoms with Gasteiger partial charge >= 0.3 is 0 Å². The summed E-state index contributed by atoms with van der Waals surface area (Å²) < 4.78 is 0. The number of aliphatic hydroxyl groups excluding tert-OH is 2. The first-order valence-electron chi connectivity index (χ1n) is 5.18. The maximum Gasteiger partial charge on any atom is 0.185 e. The van der Waals surface area contributed by atoms with Crippen molar-refractivity contribution in [2.45, 2.75) is 26.1 Å². The molecule has 17 heavy (non-hydrogen) atoms. The first-order chi connectivity index (χ1) is 7.93. The number of carbonyl (C=O) groups is 1. The maximum atomic E-state index is 10.8. The van der Waals surface area contributed by atoms with E-state index < -0.39 is 12.2 Å². The van der Waals surface area contributed by atoms with Gasteiger partial charge < -0.3 is 10.2 Å². The Morgan fingerprint density at radius 2 is 2.12 bits per heavy atom. The Kier molecular flexibility index (Phi) is 5.46. The van der Waals surface area contributed by atoms with Crippen LogP contribution in [-0.2, 0) is 4.79 Å². The molecule has 3 nitrogen and oxygen atoms in total. The van der Waals surface area contributed by atoms with Gasteiger partial charge in [-0.2, -0.15) is 0 Å². The van der Waals surface area contributed by atoms with E-state index in [4.69, 9.17) is 11.6 Å². The van der Waals surface area contributed by atoms with E-state index in [1.54, 1.807) is 12.1 Å². The average Bonchev–Trinajstić information content (AvgIpc) is 2.25. The largest absolute Gasteiger partial charge is 0.389 e. The van der Waals surface area contributed by atoms with E-state index in [9.17, 15) is 15.0 Å². The number of thioether (sulfide) groups is 1. The van der Waals surface area contributed by atoms with E-state index in [-0.39, 0.29) is 10.9 Å². The van der Waals surface area contributed by atoms with Crippen LogP contribution in [0.5, 0.6) is 0 Å². The monoisotopic (exact) mass is 274 g/mol. The topological polar surface area (TPSA) is 57.5 Å². The van der Waals surface area contributed by atoms with Crippen molar-refractivity contribution in [2.24, 2.45) is 0 Å². The van der Waals surface area contributed by atoms with Crippen LogP contribution in [0.25, 0.3) is 0 Å². The second kappa shape index (κ2) is 6.40. The van der Waals surface area contributed by atoms with Crippen molar-refractivity contribution in [1.29, 1.82) is 0 Å². The number of hydrogen-bond acceptors (Lipinski definition) is 4. The van der Waals surface area contributed by atoms with Gasteiger partial charge in [0.25, 0.3) is 0 Å². The number of benzene rings is 1. The van der Waals surface area contributed by atoms with E-state index in [1.807, 2.05) is 13.0 Å². The Balaban J connectivity index is 2.81. The second-order valence-corrected chi connectivity index (χ2v) is 5.39. The minimum atomic E-state index is -1.07. The van der Waals surface area contributed by atoms with E-state index in [0.29, 0.717) is 10.6 Å². The SMILES string of the molecule is CC(=O)SCC(O)C(O)c1c(C)cccc1Cl. The predicted octanol–water partition coefficient (Wildman–Crippen LogP) is 2.32. The molecule has 0 spiro atoms. The minimum absolute atomic E-state index is 0.0906. The second-order valence-electron chi connectivity index (χ2n) is 3.79. The molecule has 0 aliphatic rings. The summed E-state index contributed by atoms with van der Waals surface area (Å²) in [5, 5.41) is 20.1. The summed E-state index contributed by atoms with van der Waals surface area (Å²) in [5.41, 5.74) is 1.34. The molecule has 94 valence electrons. The molecule has 2 N–H and O–H groups in total. The summed E-state index contributed by atoms with van der Waals surface area (Å²) >= 11 is 6.97. The number of hydrogen-bond donors (Lipinski definition) is 2. The molecular formula is C12H15ClO3S. The summed E-state index contributed by atoms with van der Waals surface area (Å²) in [6.45, 7) is 3.24. The predicted molar refractivity (Wildman–Crippen MR) is 70.3 cm³/mol. The molecule has 0 radical (unpaired) electrons. The van der Waals surface area contributed by atoms with E-state index in [2.05, 4.69) is 0 Å². The van der Waals surface area contributed by atoms with Crippen LogP contribution >= 0.6 is 23.4 Å². The molecule has 0 fully saturated rings. The van der Waals surface area contributed by atoms with Gasteiger partial charge in [0, 0.05) is 23.3 Å². The van der Waals surface area contributed by atoms with Crippen LogP contribution in [0.3, 0.4) is 0 Å². The Bertz CT molecular complexity index is 388. The van der Waals surface area contributed by atoms with Gasteiger partial charge in [0.15, 0.2) is 5.12 Å². The summed E-state index contributed by atoms with van der Waals surface area (Å²) in [5.74, 6) is 0.154. The van der Waals surface area contributed by atoms with Crippen molar-refractivity contribution in [2.75, 3.05) is 5.75 Å². The highest BCUT2D eigenvalue weighted by Crippen LogP contribution is 2.29. The number of halogens is 1. The van der Waals surface area contributed by atoms with Crippen LogP contribution in [-0.4, -0.2) is 27.2 Å². The highest BCUT2D eigenvalue weighted by Gasteiger charge is 2.22. The highest BCUT2D eigenvalue weighted by atomic mass is 35.5. The molecule has 2 unspecified atom stereocenters. The van der Waals surface area contributed by atoms with Crippen molar-refractivity contribution >= 4 is 28.5 Å². The lowest BCUT2D eigenvalue weighted by Crippen LogP contribution is -2.22. The molecule has 0 aliphatic carbocycles. The van der Waals surface area contributed by atoms with E-state index in [1.165, 1.54) is 6.92 Å². The Morgan fingerprint density at radius 1 is 1.47 bits per heavy atom. The first-order valence-corrected chi connectivity index (χ1v) is 6.54. The van der Waals surface area contributed by atoms with Crippen molar-refractivity contribution in [3.63, 3.8) is 0 Å². The van der Waals surface area contributed by atoms with Gasteiger partial charge in [0.1, 0.15) is 6.10 Å². The number of aliphatic hydroxyl groups is 2. The zero-order valence-corrected chi connectivity index (χ0v) is 11.3. The van der Waals surface area contributed by atoms with Crippen LogP contribution in [0.15, 0.2) is 18.2 Å². The molecular weight excluding hydrogens is 260 g/mol. The van der Waals surface area contributed by atoms with Gasteiger partial charge in [-0.15, -0.1) is 0 Å². The van der Waals surface area contributed by atoms with Crippen molar-refractivity contribution < 1.29 is 15.0 Å². The van der Waals surface area contributed by atoms with Crippen LogP contribution in [0.1, 0.15) is 24.2 Å². The molecule has 1 aromatic rings. The first kappa shape index (κ1) is 14.5. The van der Waals surface area contributed by atoms with Gasteiger partial charge in [-0.1, -0.05) is 35.5 Å². The Morgan fingerprint density at radius 3 is 2.65 bits per heavy atom. The third-order valence-electron chi connectivity index (χ3n) is 2.39. The maximum absolute atomic E-state index is 10.8. The van der Waals surface area contributed by atoms with Crippen LogP contribution in [0.2, 0.25) is 5.02 Å². The van der Waals surface area contributed by atoms with Crippen molar-refractivity contribution in [1.82, 2.24) is 0 Å². The van der Waals surface area contributed by atoms with Gasteiger partial charge in [-0.3, -0.25) is 4.79 Å². The zero-order chi connectivity index (χ0) is 13.0. The number of rotatable bonds is 4. The number of carbonyl (C=O) groups excluding carboxylic acids is 1. The standard InChI is InChI=1S/C12H15ClO3S/c1-7-4-3-5-9(13)11(7)12(16)10(15)6-17-8(2)14/h3-5,10,12,15-16H,6H2,1-2H3. The van der Waals surface area contributed by atoms with Crippen LogP contribution in [0.4, 0.5) is 0 Å². The lowest BCUT2D eigenvalue weighted by molar-refractivity contribution is -0.109. The van der Waals surface area contributed by atoms with Gasteiger partial charge in [-0.25, -0.2) is 0 Å². The lowest BCUT2D eigenvalue weighted by atomic mass is 10.0. The molecule has 5 heteroatoms. The molecule has 0 aromatic heterocycles. The zero-order valence-electron chi connectivity index (χ0n) is 9.68. The van der Waals surface area contributed by atoms with Gasteiger partial charge in [-0.05, 0) is 18.6 Å². The molecule has 0 saturated carbocycles. The Hall–Kier alpha value is -0.550. The fourth-order valence-corrected chi connectivity index (χ4v) is 2.43. The minimum Gasteiger partial charge on any atom is -0.389 e. The van der Waals surface area contributed by atoms with Gasteiger partial charge in [0.05, 0.1) is 6.10 Å². The lowest BCUT2D eigenvalue weighted by Gasteiger charge is -2.20. The third kappa shape index (κ3) is 4.00. The van der Waals surface area contributed by atoms with Crippen LogP contribution in [0, 0.1) is 6.92 Å².